The average Bonchev–Trinajstić information content (AvgIpc) is 2.27. The summed E-state index contributed by atoms with van der Waals surface area (Å²) < 4.78 is 4.87. The van der Waals surface area contributed by atoms with E-state index in [-0.39, 0.29) is 12.5 Å². The van der Waals surface area contributed by atoms with Gasteiger partial charge in [-0.3, -0.25) is 5.32 Å². The summed E-state index contributed by atoms with van der Waals surface area (Å²) in [4.78, 5) is 21.1. The van der Waals surface area contributed by atoms with Crippen LogP contribution in [0.25, 0.3) is 0 Å². The van der Waals surface area contributed by atoms with Gasteiger partial charge in [0.15, 0.2) is 0 Å². The maximum atomic E-state index is 10.8. The van der Waals surface area contributed by atoms with Crippen molar-refractivity contribution in [3.8, 4) is 0 Å². The Kier molecular flexibility index (Phi) is 4.32. The first-order valence-corrected chi connectivity index (χ1v) is 4.79. The summed E-state index contributed by atoms with van der Waals surface area (Å²) in [5, 5.41) is 10.7. The number of amides is 1. The fraction of sp³-hybridized carbons (Fsp3) is 0.273. The van der Waals surface area contributed by atoms with E-state index in [1.807, 2.05) is 6.08 Å². The number of carboxylic acid groups (broad SMARTS) is 1. The van der Waals surface area contributed by atoms with Crippen LogP contribution in [0.2, 0.25) is 0 Å². The lowest BCUT2D eigenvalue weighted by molar-refractivity contribution is -0.138. The first-order chi connectivity index (χ1) is 7.61. The molecule has 1 amide bonds. The first-order valence-electron chi connectivity index (χ1n) is 4.79. The molecule has 1 unspecified atom stereocenters. The molecule has 0 fully saturated rings. The monoisotopic (exact) mass is 223 g/mol. The van der Waals surface area contributed by atoms with Crippen LogP contribution in [0.3, 0.4) is 0 Å². The first kappa shape index (κ1) is 12.0. The van der Waals surface area contributed by atoms with Crippen LogP contribution in [-0.2, 0) is 9.53 Å². The summed E-state index contributed by atoms with van der Waals surface area (Å²) in [6.45, 7) is 3.57. The van der Waals surface area contributed by atoms with E-state index in [1.54, 1.807) is 12.2 Å². The molecular weight excluding hydrogens is 210 g/mol. The minimum atomic E-state index is -1.09. The largest absolute Gasteiger partial charge is 0.465 e. The van der Waals surface area contributed by atoms with Gasteiger partial charge in [0, 0.05) is 17.7 Å². The number of nitrogens with one attached hydrogen (secondary N) is 1. The van der Waals surface area contributed by atoms with Crippen molar-refractivity contribution in [2.75, 3.05) is 6.61 Å². The lowest BCUT2D eigenvalue weighted by Crippen LogP contribution is -2.21. The van der Waals surface area contributed by atoms with E-state index in [2.05, 4.69) is 11.9 Å². The zero-order valence-corrected chi connectivity index (χ0v) is 8.68. The summed E-state index contributed by atoms with van der Waals surface area (Å²) in [6, 6.07) is 0. The van der Waals surface area contributed by atoms with Gasteiger partial charge in [-0.05, 0) is 12.5 Å². The van der Waals surface area contributed by atoms with Gasteiger partial charge >= 0.3 is 12.1 Å². The zero-order chi connectivity index (χ0) is 12.0. The second-order valence-corrected chi connectivity index (χ2v) is 3.28. The summed E-state index contributed by atoms with van der Waals surface area (Å²) in [6.07, 6.45) is 5.87. The minimum Gasteiger partial charge on any atom is -0.465 e. The van der Waals surface area contributed by atoms with Crippen molar-refractivity contribution in [2.24, 2.45) is 5.92 Å². The van der Waals surface area contributed by atoms with Gasteiger partial charge in [-0.2, -0.15) is 0 Å². The number of rotatable bonds is 4. The predicted octanol–water partition coefficient (Wildman–Crippen LogP) is 1.44. The van der Waals surface area contributed by atoms with Crippen molar-refractivity contribution >= 4 is 12.1 Å². The van der Waals surface area contributed by atoms with E-state index >= 15 is 0 Å². The lowest BCUT2D eigenvalue weighted by atomic mass is 10.0. The van der Waals surface area contributed by atoms with Crippen molar-refractivity contribution < 1.29 is 19.4 Å². The van der Waals surface area contributed by atoms with Gasteiger partial charge < -0.3 is 9.84 Å². The Morgan fingerprint density at radius 1 is 1.69 bits per heavy atom. The van der Waals surface area contributed by atoms with Crippen LogP contribution < -0.4 is 5.32 Å². The second kappa shape index (κ2) is 5.75. The third-order valence-electron chi connectivity index (χ3n) is 2.05. The van der Waals surface area contributed by atoms with E-state index in [0.717, 1.165) is 6.08 Å². The van der Waals surface area contributed by atoms with E-state index in [0.29, 0.717) is 12.1 Å². The highest BCUT2D eigenvalue weighted by Gasteiger charge is 2.11. The third-order valence-corrected chi connectivity index (χ3v) is 2.05. The van der Waals surface area contributed by atoms with Crippen LogP contribution in [0, 0.1) is 5.92 Å². The Labute approximate surface area is 93.1 Å². The topological polar surface area (TPSA) is 75.6 Å². The molecule has 0 saturated carbocycles. The molecule has 1 aliphatic carbocycles. The van der Waals surface area contributed by atoms with Crippen LogP contribution in [0.15, 0.2) is 36.6 Å². The van der Waals surface area contributed by atoms with Gasteiger partial charge in [0.1, 0.15) is 0 Å². The minimum absolute atomic E-state index is 0.0863. The van der Waals surface area contributed by atoms with Crippen LogP contribution in [0.5, 0.6) is 0 Å². The Balaban J connectivity index is 2.35. The van der Waals surface area contributed by atoms with E-state index in [1.165, 1.54) is 0 Å². The fourth-order valence-corrected chi connectivity index (χ4v) is 1.25. The van der Waals surface area contributed by atoms with Crippen LogP contribution in [0.4, 0.5) is 4.79 Å². The molecule has 1 atom stereocenters. The van der Waals surface area contributed by atoms with Gasteiger partial charge in [0.25, 0.3) is 0 Å². The number of esters is 1. The highest BCUT2D eigenvalue weighted by molar-refractivity contribution is 5.81. The zero-order valence-electron chi connectivity index (χ0n) is 8.68. The standard InChI is InChI=1S/C11H13NO4/c1-2-10(13)16-7-8-3-5-9(6-4-8)12-11(14)15/h2-3,5-6,8,12H,1,4,7H2,(H,14,15). The smallest absolute Gasteiger partial charge is 0.409 e. The van der Waals surface area contributed by atoms with E-state index in [9.17, 15) is 9.59 Å². The Morgan fingerprint density at radius 2 is 2.44 bits per heavy atom. The van der Waals surface area contributed by atoms with Gasteiger partial charge in [-0.15, -0.1) is 0 Å². The fourth-order valence-electron chi connectivity index (χ4n) is 1.25. The summed E-state index contributed by atoms with van der Waals surface area (Å²) >= 11 is 0. The molecule has 0 bridgehead atoms. The molecule has 86 valence electrons. The van der Waals surface area contributed by atoms with Crippen molar-refractivity contribution in [3.05, 3.63) is 36.6 Å². The maximum Gasteiger partial charge on any atom is 0.409 e. The van der Waals surface area contributed by atoms with Crippen LogP contribution in [-0.4, -0.2) is 23.8 Å². The van der Waals surface area contributed by atoms with Gasteiger partial charge in [-0.25, -0.2) is 9.59 Å². The van der Waals surface area contributed by atoms with Crippen LogP contribution in [0.1, 0.15) is 6.42 Å². The van der Waals surface area contributed by atoms with Crippen molar-refractivity contribution in [3.63, 3.8) is 0 Å². The quantitative estimate of drug-likeness (QED) is 0.558. The number of carbonyl (C=O) groups excluding carboxylic acids is 1. The number of hydrogen-bond donors (Lipinski definition) is 2. The molecule has 5 nitrogen and oxygen atoms in total. The number of carbonyl (C=O) groups is 2. The molecule has 5 heteroatoms. The van der Waals surface area contributed by atoms with Crippen molar-refractivity contribution in [1.82, 2.24) is 5.32 Å². The molecule has 0 heterocycles. The summed E-state index contributed by atoms with van der Waals surface area (Å²) in [7, 11) is 0. The molecule has 1 rings (SSSR count). The van der Waals surface area contributed by atoms with Gasteiger partial charge in [-0.1, -0.05) is 18.7 Å². The molecule has 0 aromatic carbocycles. The molecule has 0 aromatic rings. The Hall–Kier alpha value is -2.04. The highest BCUT2D eigenvalue weighted by Crippen LogP contribution is 2.15. The average molecular weight is 223 g/mol. The molecule has 0 aliphatic heterocycles. The number of ether oxygens (including phenoxy) is 1. The predicted molar refractivity (Wildman–Crippen MR) is 57.6 cm³/mol. The molecular formula is C11H13NO4. The summed E-state index contributed by atoms with van der Waals surface area (Å²) in [5.74, 6) is -0.366. The molecule has 2 N–H and O–H groups in total. The molecule has 16 heavy (non-hydrogen) atoms. The maximum absolute atomic E-state index is 10.8. The lowest BCUT2D eigenvalue weighted by Gasteiger charge is -2.15. The number of allylic oxidation sites excluding steroid dienone is 2. The summed E-state index contributed by atoms with van der Waals surface area (Å²) in [5.41, 5.74) is 0.541. The van der Waals surface area contributed by atoms with Crippen molar-refractivity contribution in [2.45, 2.75) is 6.42 Å². The molecule has 0 radical (unpaired) electrons. The Bertz CT molecular complexity index is 357. The van der Waals surface area contributed by atoms with E-state index < -0.39 is 12.1 Å². The molecule has 1 aliphatic rings. The van der Waals surface area contributed by atoms with Crippen molar-refractivity contribution in [1.29, 1.82) is 0 Å². The van der Waals surface area contributed by atoms with Gasteiger partial charge in [0.2, 0.25) is 0 Å². The Morgan fingerprint density at radius 3 is 2.94 bits per heavy atom. The van der Waals surface area contributed by atoms with Crippen LogP contribution >= 0.6 is 0 Å². The normalized spacial score (nSPS) is 18.5. The molecule has 0 aromatic heterocycles. The SMILES string of the molecule is C=CC(=O)OCC1C=CC(NC(=O)O)=CC1. The highest BCUT2D eigenvalue weighted by atomic mass is 16.5. The molecule has 0 saturated heterocycles. The third kappa shape index (κ3) is 4.00. The number of hydrogen-bond acceptors (Lipinski definition) is 3. The van der Waals surface area contributed by atoms with Gasteiger partial charge in [0.05, 0.1) is 6.61 Å². The van der Waals surface area contributed by atoms with E-state index in [4.69, 9.17) is 9.84 Å². The molecule has 0 spiro atoms. The second-order valence-electron chi connectivity index (χ2n) is 3.28.